The van der Waals surface area contributed by atoms with Crippen molar-refractivity contribution in [3.63, 3.8) is 0 Å². The van der Waals surface area contributed by atoms with Crippen LogP contribution in [0.15, 0.2) is 23.1 Å². The highest BCUT2D eigenvalue weighted by Gasteiger charge is 1.99. The van der Waals surface area contributed by atoms with Crippen molar-refractivity contribution in [2.75, 3.05) is 6.26 Å². The third-order valence-electron chi connectivity index (χ3n) is 1.50. The summed E-state index contributed by atoms with van der Waals surface area (Å²) in [6, 6.07) is 7.80. The first-order chi connectivity index (χ1) is 5.77. The second-order valence-electron chi connectivity index (χ2n) is 2.30. The molecule has 0 heterocycles. The van der Waals surface area contributed by atoms with E-state index in [0.29, 0.717) is 6.42 Å². The van der Waals surface area contributed by atoms with E-state index in [1.807, 2.05) is 24.5 Å². The van der Waals surface area contributed by atoms with Gasteiger partial charge in [0.2, 0.25) is 0 Å². The molecule has 12 heavy (non-hydrogen) atoms. The third kappa shape index (κ3) is 2.17. The zero-order valence-corrected chi connectivity index (χ0v) is 8.25. The maximum absolute atomic E-state index is 8.44. The molecule has 0 N–H and O–H groups in total. The Kier molecular flexibility index (Phi) is 3.46. The Hall–Kier alpha value is -0.650. The molecule has 62 valence electrons. The van der Waals surface area contributed by atoms with E-state index in [2.05, 4.69) is 6.07 Å². The van der Waals surface area contributed by atoms with Crippen LogP contribution in [0.25, 0.3) is 0 Å². The van der Waals surface area contributed by atoms with E-state index in [1.165, 1.54) is 0 Å². The number of hydrogen-bond acceptors (Lipinski definition) is 2. The molecule has 0 fully saturated rings. The number of nitrogens with zero attached hydrogens (tertiary/aromatic N) is 1. The molecule has 0 saturated heterocycles. The molecule has 0 amide bonds. The lowest BCUT2D eigenvalue weighted by molar-refractivity contribution is 1.24. The van der Waals surface area contributed by atoms with E-state index in [4.69, 9.17) is 16.9 Å². The van der Waals surface area contributed by atoms with E-state index in [1.54, 1.807) is 11.8 Å². The first-order valence-electron chi connectivity index (χ1n) is 3.47. The van der Waals surface area contributed by atoms with Gasteiger partial charge in [-0.3, -0.25) is 0 Å². The van der Waals surface area contributed by atoms with Crippen LogP contribution in [0, 0.1) is 11.3 Å². The van der Waals surface area contributed by atoms with Gasteiger partial charge < -0.3 is 0 Å². The molecule has 0 saturated carbocycles. The molecule has 0 radical (unpaired) electrons. The Labute approximate surface area is 81.3 Å². The van der Waals surface area contributed by atoms with Crippen molar-refractivity contribution in [1.82, 2.24) is 0 Å². The molecule has 1 rings (SSSR count). The van der Waals surface area contributed by atoms with Crippen LogP contribution >= 0.6 is 23.4 Å². The van der Waals surface area contributed by atoms with E-state index in [0.717, 1.165) is 15.5 Å². The van der Waals surface area contributed by atoms with Crippen molar-refractivity contribution < 1.29 is 0 Å². The highest BCUT2D eigenvalue weighted by atomic mass is 35.5. The quantitative estimate of drug-likeness (QED) is 0.681. The predicted molar refractivity (Wildman–Crippen MR) is 52.6 cm³/mol. The largest absolute Gasteiger partial charge is 0.198 e. The van der Waals surface area contributed by atoms with Crippen LogP contribution < -0.4 is 0 Å². The first kappa shape index (κ1) is 9.44. The van der Waals surface area contributed by atoms with Crippen LogP contribution in [-0.4, -0.2) is 6.26 Å². The molecule has 0 aliphatic heterocycles. The molecule has 0 aliphatic carbocycles. The van der Waals surface area contributed by atoms with Crippen molar-refractivity contribution in [2.45, 2.75) is 11.3 Å². The minimum Gasteiger partial charge on any atom is -0.198 e. The molecule has 1 nitrogen and oxygen atoms in total. The maximum atomic E-state index is 8.44. The molecule has 0 atom stereocenters. The van der Waals surface area contributed by atoms with Crippen LogP contribution in [0.4, 0.5) is 0 Å². The summed E-state index contributed by atoms with van der Waals surface area (Å²) in [5, 5.41) is 9.17. The van der Waals surface area contributed by atoms with Crippen molar-refractivity contribution >= 4 is 23.4 Å². The number of nitriles is 1. The smallest absolute Gasteiger partial charge is 0.0669 e. The minimum absolute atomic E-state index is 0.425. The van der Waals surface area contributed by atoms with Crippen LogP contribution in [-0.2, 0) is 6.42 Å². The number of halogens is 1. The molecule has 0 aliphatic rings. The van der Waals surface area contributed by atoms with Gasteiger partial charge in [-0.2, -0.15) is 5.26 Å². The van der Waals surface area contributed by atoms with Gasteiger partial charge in [-0.15, -0.1) is 11.8 Å². The number of hydrogen-bond donors (Lipinski definition) is 0. The highest BCUT2D eigenvalue weighted by molar-refractivity contribution is 7.98. The van der Waals surface area contributed by atoms with E-state index < -0.39 is 0 Å². The number of thioether (sulfide) groups is 1. The highest BCUT2D eigenvalue weighted by Crippen LogP contribution is 2.25. The Balaban J connectivity index is 2.95. The first-order valence-corrected chi connectivity index (χ1v) is 5.07. The molecular formula is C9H8ClNS. The average Bonchev–Trinajstić information content (AvgIpc) is 2.05. The molecule has 0 aromatic heterocycles. The minimum atomic E-state index is 0.425. The van der Waals surface area contributed by atoms with Crippen LogP contribution in [0.1, 0.15) is 5.56 Å². The summed E-state index contributed by atoms with van der Waals surface area (Å²) in [7, 11) is 0. The molecule has 1 aromatic carbocycles. The average molecular weight is 198 g/mol. The summed E-state index contributed by atoms with van der Waals surface area (Å²) in [6.45, 7) is 0. The molecule has 0 bridgehead atoms. The summed E-state index contributed by atoms with van der Waals surface area (Å²) in [4.78, 5) is 1.05. The fourth-order valence-corrected chi connectivity index (χ4v) is 1.80. The monoisotopic (exact) mass is 197 g/mol. The Bertz CT molecular complexity index is 317. The fraction of sp³-hybridized carbons (Fsp3) is 0.222. The summed E-state index contributed by atoms with van der Waals surface area (Å²) in [5.41, 5.74) is 0.973. The van der Waals surface area contributed by atoms with Gasteiger partial charge in [-0.1, -0.05) is 17.7 Å². The summed E-state index contributed by atoms with van der Waals surface area (Å²) in [6.07, 6.45) is 2.40. The standard InChI is InChI=1S/C9H8ClNS/c1-12-9-3-2-7(4-5-11)6-8(9)10/h2-3,6H,4H2,1H3. The SMILES string of the molecule is CSc1ccc(CC#N)cc1Cl. The van der Waals surface area contributed by atoms with Gasteiger partial charge in [0.1, 0.15) is 0 Å². The molecule has 3 heteroatoms. The second kappa shape index (κ2) is 4.39. The van der Waals surface area contributed by atoms with E-state index >= 15 is 0 Å². The molecule has 0 unspecified atom stereocenters. The van der Waals surface area contributed by atoms with Gasteiger partial charge in [0.05, 0.1) is 17.5 Å². The summed E-state index contributed by atoms with van der Waals surface area (Å²) in [5.74, 6) is 0. The lowest BCUT2D eigenvalue weighted by Gasteiger charge is -2.01. The Morgan fingerprint density at radius 3 is 2.83 bits per heavy atom. The molecule has 1 aromatic rings. The Morgan fingerprint density at radius 2 is 2.33 bits per heavy atom. The van der Waals surface area contributed by atoms with Gasteiger partial charge in [0, 0.05) is 4.90 Å². The third-order valence-corrected chi connectivity index (χ3v) is 2.72. The lowest BCUT2D eigenvalue weighted by atomic mass is 10.2. The van der Waals surface area contributed by atoms with Crippen molar-refractivity contribution in [1.29, 1.82) is 5.26 Å². The van der Waals surface area contributed by atoms with Gasteiger partial charge in [-0.05, 0) is 24.0 Å². The van der Waals surface area contributed by atoms with Crippen LogP contribution in [0.3, 0.4) is 0 Å². The topological polar surface area (TPSA) is 23.8 Å². The second-order valence-corrected chi connectivity index (χ2v) is 3.56. The van der Waals surface area contributed by atoms with Crippen molar-refractivity contribution in [3.8, 4) is 6.07 Å². The maximum Gasteiger partial charge on any atom is 0.0669 e. The van der Waals surface area contributed by atoms with Gasteiger partial charge in [-0.25, -0.2) is 0 Å². The summed E-state index contributed by atoms with van der Waals surface area (Å²) < 4.78 is 0. The Morgan fingerprint density at radius 1 is 1.58 bits per heavy atom. The number of benzene rings is 1. The zero-order valence-electron chi connectivity index (χ0n) is 6.67. The van der Waals surface area contributed by atoms with Crippen LogP contribution in [0.5, 0.6) is 0 Å². The van der Waals surface area contributed by atoms with Gasteiger partial charge >= 0.3 is 0 Å². The van der Waals surface area contributed by atoms with Gasteiger partial charge in [0.25, 0.3) is 0 Å². The predicted octanol–water partition coefficient (Wildman–Crippen LogP) is 3.13. The van der Waals surface area contributed by atoms with E-state index in [9.17, 15) is 0 Å². The molecule has 0 spiro atoms. The fourth-order valence-electron chi connectivity index (χ4n) is 0.911. The zero-order chi connectivity index (χ0) is 8.97. The molecular weight excluding hydrogens is 190 g/mol. The van der Waals surface area contributed by atoms with Crippen LogP contribution in [0.2, 0.25) is 5.02 Å². The lowest BCUT2D eigenvalue weighted by Crippen LogP contribution is -1.82. The number of rotatable bonds is 2. The van der Waals surface area contributed by atoms with E-state index in [-0.39, 0.29) is 0 Å². The van der Waals surface area contributed by atoms with Crippen molar-refractivity contribution in [2.24, 2.45) is 0 Å². The normalized spacial score (nSPS) is 9.42. The van der Waals surface area contributed by atoms with Crippen molar-refractivity contribution in [3.05, 3.63) is 28.8 Å². The summed E-state index contributed by atoms with van der Waals surface area (Å²) >= 11 is 7.54. The van der Waals surface area contributed by atoms with Gasteiger partial charge in [0.15, 0.2) is 0 Å².